The number of non-ortho nitro benzene ring substituents is 1. The number of amides is 1. The normalized spacial score (nSPS) is 10.8. The van der Waals surface area contributed by atoms with Crippen LogP contribution in [0.2, 0.25) is 0 Å². The van der Waals surface area contributed by atoms with Crippen LogP contribution in [0.1, 0.15) is 10.4 Å². The number of hydrogen-bond donors (Lipinski definition) is 1. The van der Waals surface area contributed by atoms with Crippen molar-refractivity contribution in [3.63, 3.8) is 0 Å². The number of carbonyl (C=O) groups excluding carboxylic acids is 1. The minimum Gasteiger partial charge on any atom is -0.321 e. The van der Waals surface area contributed by atoms with Gasteiger partial charge in [-0.25, -0.2) is 0 Å². The van der Waals surface area contributed by atoms with Gasteiger partial charge in [0.1, 0.15) is 11.6 Å². The third-order valence-electron chi connectivity index (χ3n) is 2.88. The van der Waals surface area contributed by atoms with E-state index in [0.717, 1.165) is 10.4 Å². The average Bonchev–Trinajstić information content (AvgIpc) is 2.90. The Kier molecular flexibility index (Phi) is 4.66. The molecule has 1 aromatic heterocycles. The van der Waals surface area contributed by atoms with Crippen LogP contribution in [-0.2, 0) is 4.79 Å². The minimum atomic E-state index is -0.552. The summed E-state index contributed by atoms with van der Waals surface area (Å²) in [5.74, 6) is -0.552. The molecule has 0 unspecified atom stereocenters. The molecule has 1 heterocycles. The van der Waals surface area contributed by atoms with Gasteiger partial charge in [-0.1, -0.05) is 0 Å². The lowest BCUT2D eigenvalue weighted by Crippen LogP contribution is -2.13. The number of nitriles is 1. The summed E-state index contributed by atoms with van der Waals surface area (Å²) < 4.78 is 0. The van der Waals surface area contributed by atoms with Gasteiger partial charge in [0.05, 0.1) is 4.92 Å². The van der Waals surface area contributed by atoms with Crippen molar-refractivity contribution < 1.29 is 9.72 Å². The molecule has 1 amide bonds. The Morgan fingerprint density at radius 3 is 2.55 bits per heavy atom. The van der Waals surface area contributed by atoms with Crippen LogP contribution in [0.3, 0.4) is 0 Å². The quantitative estimate of drug-likeness (QED) is 0.404. The van der Waals surface area contributed by atoms with Crippen LogP contribution in [0.5, 0.6) is 0 Å². The smallest absolute Gasteiger partial charge is 0.269 e. The molecular weight excluding hydrogens is 302 g/mol. The zero-order valence-corrected chi connectivity index (χ0v) is 12.4. The van der Waals surface area contributed by atoms with Crippen molar-refractivity contribution in [3.8, 4) is 6.07 Å². The monoisotopic (exact) mass is 313 g/mol. The van der Waals surface area contributed by atoms with E-state index in [9.17, 15) is 14.9 Å². The third-order valence-corrected chi connectivity index (χ3v) is 3.84. The third kappa shape index (κ3) is 3.56. The van der Waals surface area contributed by atoms with E-state index in [4.69, 9.17) is 5.26 Å². The summed E-state index contributed by atoms with van der Waals surface area (Å²) in [5.41, 5.74) is 1.28. The fourth-order valence-electron chi connectivity index (χ4n) is 1.68. The largest absolute Gasteiger partial charge is 0.321 e. The standard InChI is InChI=1S/C15H11N3O3S/c1-10-6-7-22-14(10)8-11(9-16)15(19)17-12-2-4-13(5-3-12)18(20)21/h2-8H,1H3,(H,17,19)/b11-8+. The van der Waals surface area contributed by atoms with Gasteiger partial charge >= 0.3 is 0 Å². The molecule has 0 fully saturated rings. The Morgan fingerprint density at radius 1 is 1.36 bits per heavy atom. The summed E-state index contributed by atoms with van der Waals surface area (Å²) in [6.07, 6.45) is 1.53. The summed E-state index contributed by atoms with van der Waals surface area (Å²) in [5, 5.41) is 24.1. The van der Waals surface area contributed by atoms with Gasteiger partial charge in [-0.15, -0.1) is 11.3 Å². The number of nitrogens with one attached hydrogen (secondary N) is 1. The summed E-state index contributed by atoms with van der Waals surface area (Å²) in [6, 6.07) is 9.18. The Morgan fingerprint density at radius 2 is 2.05 bits per heavy atom. The number of aryl methyl sites for hydroxylation is 1. The molecule has 0 saturated heterocycles. The van der Waals surface area contributed by atoms with Gasteiger partial charge in [-0.2, -0.15) is 5.26 Å². The molecule has 0 bridgehead atoms. The van der Waals surface area contributed by atoms with Gasteiger partial charge in [0.2, 0.25) is 0 Å². The van der Waals surface area contributed by atoms with Gasteiger partial charge in [-0.3, -0.25) is 14.9 Å². The van der Waals surface area contributed by atoms with Crippen molar-refractivity contribution >= 4 is 34.7 Å². The lowest BCUT2D eigenvalue weighted by molar-refractivity contribution is -0.384. The molecule has 1 N–H and O–H groups in total. The second kappa shape index (κ2) is 6.65. The number of nitrogens with zero attached hydrogens (tertiary/aromatic N) is 2. The molecular formula is C15H11N3O3S. The number of hydrogen-bond acceptors (Lipinski definition) is 5. The van der Waals surface area contributed by atoms with Crippen molar-refractivity contribution in [3.05, 3.63) is 61.8 Å². The van der Waals surface area contributed by atoms with Crippen molar-refractivity contribution in [2.75, 3.05) is 5.32 Å². The van der Waals surface area contributed by atoms with Crippen LogP contribution in [0.25, 0.3) is 6.08 Å². The number of benzene rings is 1. The van der Waals surface area contributed by atoms with Gasteiger partial charge in [-0.05, 0) is 42.1 Å². The van der Waals surface area contributed by atoms with Gasteiger partial charge < -0.3 is 5.32 Å². The predicted octanol–water partition coefficient (Wildman–Crippen LogP) is 3.51. The highest BCUT2D eigenvalue weighted by atomic mass is 32.1. The second-order valence-corrected chi connectivity index (χ2v) is 5.34. The molecule has 0 radical (unpaired) electrons. The van der Waals surface area contributed by atoms with E-state index >= 15 is 0 Å². The number of nitro benzene ring substituents is 1. The van der Waals surface area contributed by atoms with E-state index in [1.165, 1.54) is 41.7 Å². The summed E-state index contributed by atoms with van der Waals surface area (Å²) in [7, 11) is 0. The zero-order chi connectivity index (χ0) is 16.1. The maximum absolute atomic E-state index is 12.1. The molecule has 0 atom stereocenters. The zero-order valence-electron chi connectivity index (χ0n) is 11.6. The van der Waals surface area contributed by atoms with E-state index < -0.39 is 10.8 Å². The number of thiophene rings is 1. The molecule has 0 aliphatic heterocycles. The number of carbonyl (C=O) groups is 1. The van der Waals surface area contributed by atoms with E-state index in [0.29, 0.717) is 5.69 Å². The van der Waals surface area contributed by atoms with Gasteiger partial charge in [0, 0.05) is 22.7 Å². The lowest BCUT2D eigenvalue weighted by Gasteiger charge is -2.03. The van der Waals surface area contributed by atoms with Gasteiger partial charge in [0.25, 0.3) is 11.6 Å². The highest BCUT2D eigenvalue weighted by Gasteiger charge is 2.11. The average molecular weight is 313 g/mol. The van der Waals surface area contributed by atoms with E-state index in [1.54, 1.807) is 0 Å². The molecule has 110 valence electrons. The van der Waals surface area contributed by atoms with Crippen molar-refractivity contribution in [1.82, 2.24) is 0 Å². The maximum Gasteiger partial charge on any atom is 0.269 e. The number of rotatable bonds is 4. The fraction of sp³-hybridized carbons (Fsp3) is 0.0667. The molecule has 7 heteroatoms. The molecule has 2 aromatic rings. The molecule has 0 aliphatic carbocycles. The lowest BCUT2D eigenvalue weighted by atomic mass is 10.2. The highest BCUT2D eigenvalue weighted by molar-refractivity contribution is 7.11. The minimum absolute atomic E-state index is 0.0242. The molecule has 6 nitrogen and oxygen atoms in total. The Balaban J connectivity index is 2.16. The SMILES string of the molecule is Cc1ccsc1/C=C(\C#N)C(=O)Nc1ccc([N+](=O)[O-])cc1. The molecule has 1 aromatic carbocycles. The number of anilines is 1. The van der Waals surface area contributed by atoms with E-state index in [2.05, 4.69) is 5.32 Å². The molecule has 22 heavy (non-hydrogen) atoms. The van der Waals surface area contributed by atoms with Crippen LogP contribution in [0.4, 0.5) is 11.4 Å². The Bertz CT molecular complexity index is 785. The van der Waals surface area contributed by atoms with Crippen LogP contribution in [0.15, 0.2) is 41.3 Å². The van der Waals surface area contributed by atoms with Crippen molar-refractivity contribution in [2.45, 2.75) is 6.92 Å². The number of nitro groups is 1. The first kappa shape index (κ1) is 15.4. The van der Waals surface area contributed by atoms with Crippen LogP contribution < -0.4 is 5.32 Å². The second-order valence-electron chi connectivity index (χ2n) is 4.40. The van der Waals surface area contributed by atoms with Crippen molar-refractivity contribution in [2.24, 2.45) is 0 Å². The topological polar surface area (TPSA) is 96.0 Å². The fourth-order valence-corrected chi connectivity index (χ4v) is 2.54. The summed E-state index contributed by atoms with van der Waals surface area (Å²) >= 11 is 1.44. The van der Waals surface area contributed by atoms with E-state index in [-0.39, 0.29) is 11.3 Å². The van der Waals surface area contributed by atoms with Crippen LogP contribution >= 0.6 is 11.3 Å². The highest BCUT2D eigenvalue weighted by Crippen LogP contribution is 2.20. The van der Waals surface area contributed by atoms with Crippen LogP contribution in [-0.4, -0.2) is 10.8 Å². The first-order chi connectivity index (χ1) is 10.5. The maximum atomic E-state index is 12.1. The first-order valence-electron chi connectivity index (χ1n) is 6.23. The summed E-state index contributed by atoms with van der Waals surface area (Å²) in [6.45, 7) is 1.89. The van der Waals surface area contributed by atoms with Crippen molar-refractivity contribution in [1.29, 1.82) is 5.26 Å². The predicted molar refractivity (Wildman–Crippen MR) is 84.4 cm³/mol. The van der Waals surface area contributed by atoms with Gasteiger partial charge in [0.15, 0.2) is 0 Å². The Hall–Kier alpha value is -2.98. The van der Waals surface area contributed by atoms with E-state index in [1.807, 2.05) is 24.4 Å². The Labute approximate surface area is 130 Å². The summed E-state index contributed by atoms with van der Waals surface area (Å²) in [4.78, 5) is 23.0. The molecule has 2 rings (SSSR count). The van der Waals surface area contributed by atoms with Crippen LogP contribution in [0, 0.1) is 28.4 Å². The molecule has 0 saturated carbocycles. The first-order valence-corrected chi connectivity index (χ1v) is 7.11. The molecule has 0 spiro atoms. The molecule has 0 aliphatic rings.